The highest BCUT2D eigenvalue weighted by atomic mass is 16.7. The number of hydrogen-bond acceptors (Lipinski definition) is 5. The smallest absolute Gasteiger partial charge is 0.231 e. The van der Waals surface area contributed by atoms with Crippen LogP contribution in [0, 0.1) is 0 Å². The Labute approximate surface area is 87.8 Å². The normalized spacial score (nSPS) is 17.5. The van der Waals surface area contributed by atoms with Gasteiger partial charge in [-0.1, -0.05) is 6.07 Å². The van der Waals surface area contributed by atoms with E-state index in [9.17, 15) is 5.11 Å². The number of aliphatic hydroxyl groups is 1. The molecule has 1 heterocycles. The highest BCUT2D eigenvalue weighted by Crippen LogP contribution is 2.35. The minimum Gasteiger partial charge on any atom is -0.454 e. The molecule has 0 bridgehead atoms. The standard InChI is InChI=1S/C10H14N2O3/c1-10(13,5-12-11)7-2-3-8-9(4-7)15-6-14-8/h2-4,12-13H,5-6,11H2,1H3. The lowest BCUT2D eigenvalue weighted by Crippen LogP contribution is -2.38. The van der Waals surface area contributed by atoms with Crippen molar-refractivity contribution in [2.45, 2.75) is 12.5 Å². The van der Waals surface area contributed by atoms with Gasteiger partial charge in [0.15, 0.2) is 11.5 Å². The maximum atomic E-state index is 10.1. The molecule has 1 aromatic rings. The molecule has 0 radical (unpaired) electrons. The van der Waals surface area contributed by atoms with Crippen molar-refractivity contribution >= 4 is 0 Å². The summed E-state index contributed by atoms with van der Waals surface area (Å²) < 4.78 is 10.4. The molecule has 0 saturated carbocycles. The molecule has 5 nitrogen and oxygen atoms in total. The minimum atomic E-state index is -1.02. The fourth-order valence-electron chi connectivity index (χ4n) is 1.53. The molecule has 4 N–H and O–H groups in total. The van der Waals surface area contributed by atoms with E-state index < -0.39 is 5.60 Å². The molecule has 1 aliphatic heterocycles. The fourth-order valence-corrected chi connectivity index (χ4v) is 1.53. The van der Waals surface area contributed by atoms with E-state index in [-0.39, 0.29) is 13.3 Å². The maximum absolute atomic E-state index is 10.1. The van der Waals surface area contributed by atoms with E-state index >= 15 is 0 Å². The van der Waals surface area contributed by atoms with Crippen molar-refractivity contribution in [1.29, 1.82) is 0 Å². The summed E-state index contributed by atoms with van der Waals surface area (Å²) in [4.78, 5) is 0. The Morgan fingerprint density at radius 2 is 2.20 bits per heavy atom. The monoisotopic (exact) mass is 210 g/mol. The average molecular weight is 210 g/mol. The summed E-state index contributed by atoms with van der Waals surface area (Å²) in [5.74, 6) is 6.56. The van der Waals surface area contributed by atoms with Gasteiger partial charge in [0.1, 0.15) is 5.60 Å². The van der Waals surface area contributed by atoms with Gasteiger partial charge >= 0.3 is 0 Å². The Morgan fingerprint density at radius 1 is 1.47 bits per heavy atom. The van der Waals surface area contributed by atoms with Crippen LogP contribution in [-0.4, -0.2) is 18.4 Å². The van der Waals surface area contributed by atoms with Gasteiger partial charge in [-0.3, -0.25) is 11.3 Å². The van der Waals surface area contributed by atoms with Crippen LogP contribution in [0.3, 0.4) is 0 Å². The topological polar surface area (TPSA) is 76.7 Å². The molecule has 0 aliphatic carbocycles. The average Bonchev–Trinajstić information content (AvgIpc) is 2.63. The first kappa shape index (κ1) is 10.2. The van der Waals surface area contributed by atoms with Crippen molar-refractivity contribution < 1.29 is 14.6 Å². The second kappa shape index (κ2) is 3.69. The first-order valence-electron chi connectivity index (χ1n) is 4.69. The molecule has 2 rings (SSSR count). The Morgan fingerprint density at radius 3 is 2.93 bits per heavy atom. The van der Waals surface area contributed by atoms with Crippen LogP contribution in [0.1, 0.15) is 12.5 Å². The van der Waals surface area contributed by atoms with E-state index in [1.807, 2.05) is 0 Å². The summed E-state index contributed by atoms with van der Waals surface area (Å²) in [6.45, 7) is 2.19. The Hall–Kier alpha value is -1.30. The van der Waals surface area contributed by atoms with E-state index in [1.54, 1.807) is 25.1 Å². The Bertz CT molecular complexity index is 366. The molecule has 15 heavy (non-hydrogen) atoms. The van der Waals surface area contributed by atoms with Crippen LogP contribution in [0.4, 0.5) is 0 Å². The summed E-state index contributed by atoms with van der Waals surface area (Å²) in [5, 5.41) is 10.1. The van der Waals surface area contributed by atoms with Crippen LogP contribution in [0.25, 0.3) is 0 Å². The highest BCUT2D eigenvalue weighted by molar-refractivity contribution is 5.45. The quantitative estimate of drug-likeness (QED) is 0.486. The van der Waals surface area contributed by atoms with Crippen molar-refractivity contribution in [3.8, 4) is 11.5 Å². The predicted molar refractivity (Wildman–Crippen MR) is 54.3 cm³/mol. The van der Waals surface area contributed by atoms with Gasteiger partial charge in [-0.05, 0) is 24.6 Å². The van der Waals surface area contributed by atoms with Crippen molar-refractivity contribution in [3.63, 3.8) is 0 Å². The van der Waals surface area contributed by atoms with Crippen molar-refractivity contribution in [3.05, 3.63) is 23.8 Å². The third kappa shape index (κ3) is 1.90. The zero-order valence-electron chi connectivity index (χ0n) is 8.49. The van der Waals surface area contributed by atoms with Crippen LogP contribution in [0.2, 0.25) is 0 Å². The summed E-state index contributed by atoms with van der Waals surface area (Å²) in [5.41, 5.74) is 2.17. The molecule has 82 valence electrons. The number of hydrazine groups is 1. The third-order valence-corrected chi connectivity index (χ3v) is 2.44. The van der Waals surface area contributed by atoms with E-state index in [0.717, 1.165) is 5.56 Å². The number of nitrogens with one attached hydrogen (secondary N) is 1. The van der Waals surface area contributed by atoms with Crippen LogP contribution < -0.4 is 20.7 Å². The van der Waals surface area contributed by atoms with Gasteiger partial charge in [0, 0.05) is 6.54 Å². The summed E-state index contributed by atoms with van der Waals surface area (Å²) in [7, 11) is 0. The lowest BCUT2D eigenvalue weighted by molar-refractivity contribution is 0.0570. The van der Waals surface area contributed by atoms with Gasteiger partial charge in [0.25, 0.3) is 0 Å². The molecule has 5 heteroatoms. The second-order valence-corrected chi connectivity index (χ2v) is 3.72. The predicted octanol–water partition coefficient (Wildman–Crippen LogP) is 0.0861. The van der Waals surface area contributed by atoms with Crippen molar-refractivity contribution in [2.75, 3.05) is 13.3 Å². The van der Waals surface area contributed by atoms with E-state index in [2.05, 4.69) is 5.43 Å². The molecule has 0 fully saturated rings. The van der Waals surface area contributed by atoms with Crippen LogP contribution in [0.15, 0.2) is 18.2 Å². The number of benzene rings is 1. The summed E-state index contributed by atoms with van der Waals surface area (Å²) >= 11 is 0. The van der Waals surface area contributed by atoms with Crippen LogP contribution in [-0.2, 0) is 5.60 Å². The van der Waals surface area contributed by atoms with Gasteiger partial charge in [-0.2, -0.15) is 0 Å². The molecule has 0 spiro atoms. The SMILES string of the molecule is CC(O)(CNN)c1ccc2c(c1)OCO2. The second-order valence-electron chi connectivity index (χ2n) is 3.72. The van der Waals surface area contributed by atoms with Gasteiger partial charge in [0.05, 0.1) is 0 Å². The Kier molecular flexibility index (Phi) is 2.52. The van der Waals surface area contributed by atoms with Gasteiger partial charge in [-0.15, -0.1) is 0 Å². The van der Waals surface area contributed by atoms with Crippen LogP contribution >= 0.6 is 0 Å². The number of fused-ring (bicyclic) bond motifs is 1. The fraction of sp³-hybridized carbons (Fsp3) is 0.400. The zero-order chi connectivity index (χ0) is 10.9. The summed E-state index contributed by atoms with van der Waals surface area (Å²) in [6, 6.07) is 5.34. The lowest BCUT2D eigenvalue weighted by Gasteiger charge is -2.23. The van der Waals surface area contributed by atoms with E-state index in [4.69, 9.17) is 15.3 Å². The minimum absolute atomic E-state index is 0.232. The molecular formula is C10H14N2O3. The number of hydrogen-bond donors (Lipinski definition) is 3. The largest absolute Gasteiger partial charge is 0.454 e. The number of rotatable bonds is 3. The van der Waals surface area contributed by atoms with Crippen LogP contribution in [0.5, 0.6) is 11.5 Å². The molecule has 1 aromatic carbocycles. The highest BCUT2D eigenvalue weighted by Gasteiger charge is 2.25. The molecular weight excluding hydrogens is 196 g/mol. The molecule has 1 atom stereocenters. The van der Waals surface area contributed by atoms with Crippen molar-refractivity contribution in [2.24, 2.45) is 5.84 Å². The third-order valence-electron chi connectivity index (χ3n) is 2.44. The molecule has 0 aromatic heterocycles. The Balaban J connectivity index is 2.29. The number of nitrogens with two attached hydrogens (primary N) is 1. The number of ether oxygens (including phenoxy) is 2. The van der Waals surface area contributed by atoms with E-state index in [0.29, 0.717) is 11.5 Å². The van der Waals surface area contributed by atoms with E-state index in [1.165, 1.54) is 0 Å². The first-order valence-corrected chi connectivity index (χ1v) is 4.69. The first-order chi connectivity index (χ1) is 7.13. The lowest BCUT2D eigenvalue weighted by atomic mass is 9.96. The van der Waals surface area contributed by atoms with Gasteiger partial charge in [-0.25, -0.2) is 0 Å². The molecule has 0 saturated heterocycles. The van der Waals surface area contributed by atoms with Gasteiger partial charge in [0.2, 0.25) is 6.79 Å². The van der Waals surface area contributed by atoms with Gasteiger partial charge < -0.3 is 14.6 Å². The maximum Gasteiger partial charge on any atom is 0.231 e. The zero-order valence-corrected chi connectivity index (χ0v) is 8.49. The summed E-state index contributed by atoms with van der Waals surface area (Å²) in [6.07, 6.45) is 0. The van der Waals surface area contributed by atoms with Crippen molar-refractivity contribution in [1.82, 2.24) is 5.43 Å². The molecule has 1 unspecified atom stereocenters. The molecule has 0 amide bonds. The molecule has 1 aliphatic rings.